The van der Waals surface area contributed by atoms with Crippen LogP contribution in [-0.2, 0) is 6.54 Å². The van der Waals surface area contributed by atoms with Gasteiger partial charge in [-0.2, -0.15) is 5.26 Å². The van der Waals surface area contributed by atoms with Gasteiger partial charge in [-0.15, -0.1) is 0 Å². The van der Waals surface area contributed by atoms with Gasteiger partial charge in [-0.1, -0.05) is 46.3 Å². The average molecular weight is 333 g/mol. The van der Waals surface area contributed by atoms with E-state index >= 15 is 0 Å². The van der Waals surface area contributed by atoms with Crippen molar-refractivity contribution in [2.45, 2.75) is 19.5 Å². The second kappa shape index (κ2) is 6.65. The Morgan fingerprint density at radius 3 is 2.70 bits per heavy atom. The van der Waals surface area contributed by atoms with E-state index < -0.39 is 5.82 Å². The zero-order valence-corrected chi connectivity index (χ0v) is 12.6. The van der Waals surface area contributed by atoms with Crippen LogP contribution in [0, 0.1) is 17.1 Å². The van der Waals surface area contributed by atoms with Crippen LogP contribution in [0.15, 0.2) is 46.9 Å². The summed E-state index contributed by atoms with van der Waals surface area (Å²) in [6.07, 6.45) is 0. The number of hydrogen-bond donors (Lipinski definition) is 1. The van der Waals surface area contributed by atoms with Gasteiger partial charge < -0.3 is 5.32 Å². The van der Waals surface area contributed by atoms with E-state index in [0.29, 0.717) is 12.1 Å². The Morgan fingerprint density at radius 2 is 2.00 bits per heavy atom. The van der Waals surface area contributed by atoms with Gasteiger partial charge in [0.25, 0.3) is 0 Å². The average Bonchev–Trinajstić information content (AvgIpc) is 2.46. The lowest BCUT2D eigenvalue weighted by molar-refractivity contribution is 0.542. The molecule has 102 valence electrons. The summed E-state index contributed by atoms with van der Waals surface area (Å²) >= 11 is 3.50. The molecule has 0 aliphatic heterocycles. The number of nitrogens with zero attached hydrogens (tertiary/aromatic N) is 1. The Kier molecular flexibility index (Phi) is 4.89. The van der Waals surface area contributed by atoms with Crippen LogP contribution < -0.4 is 5.32 Å². The van der Waals surface area contributed by atoms with Gasteiger partial charge in [-0.25, -0.2) is 4.39 Å². The normalized spacial score (nSPS) is 11.9. The maximum absolute atomic E-state index is 13.9. The third kappa shape index (κ3) is 3.24. The van der Waals surface area contributed by atoms with Gasteiger partial charge in [0.15, 0.2) is 0 Å². The molecular weight excluding hydrogens is 319 g/mol. The topological polar surface area (TPSA) is 35.8 Å². The van der Waals surface area contributed by atoms with Crippen molar-refractivity contribution in [3.05, 3.63) is 69.4 Å². The van der Waals surface area contributed by atoms with E-state index in [-0.39, 0.29) is 11.6 Å². The van der Waals surface area contributed by atoms with Crippen LogP contribution >= 0.6 is 15.9 Å². The molecule has 4 heteroatoms. The number of rotatable bonds is 4. The molecule has 0 heterocycles. The van der Waals surface area contributed by atoms with Crippen LogP contribution in [0.2, 0.25) is 0 Å². The monoisotopic (exact) mass is 332 g/mol. The highest BCUT2D eigenvalue weighted by Crippen LogP contribution is 2.23. The molecule has 0 amide bonds. The molecule has 2 rings (SSSR count). The van der Waals surface area contributed by atoms with Gasteiger partial charge in [-0.05, 0) is 24.6 Å². The van der Waals surface area contributed by atoms with Crippen LogP contribution in [-0.4, -0.2) is 0 Å². The van der Waals surface area contributed by atoms with Crippen molar-refractivity contribution in [1.29, 1.82) is 5.26 Å². The van der Waals surface area contributed by atoms with Gasteiger partial charge in [0, 0.05) is 22.6 Å². The maximum atomic E-state index is 13.9. The first-order chi connectivity index (χ1) is 9.63. The summed E-state index contributed by atoms with van der Waals surface area (Å²) in [5.41, 5.74) is 1.70. The lowest BCUT2D eigenvalue weighted by Gasteiger charge is -2.16. The minimum atomic E-state index is -0.443. The van der Waals surface area contributed by atoms with Crippen molar-refractivity contribution in [2.24, 2.45) is 0 Å². The van der Waals surface area contributed by atoms with Crippen molar-refractivity contribution in [3.8, 4) is 6.07 Å². The maximum Gasteiger partial charge on any atom is 0.145 e. The number of nitriles is 1. The first-order valence-corrected chi connectivity index (χ1v) is 7.08. The number of halogens is 2. The first kappa shape index (κ1) is 14.7. The molecule has 1 atom stereocenters. The molecule has 0 bridgehead atoms. The second-order valence-electron chi connectivity index (χ2n) is 4.51. The number of nitrogens with one attached hydrogen (secondary N) is 1. The zero-order chi connectivity index (χ0) is 14.5. The van der Waals surface area contributed by atoms with Gasteiger partial charge in [0.2, 0.25) is 0 Å². The summed E-state index contributed by atoms with van der Waals surface area (Å²) in [6.45, 7) is 2.40. The van der Waals surface area contributed by atoms with Gasteiger partial charge in [0.05, 0.1) is 5.56 Å². The van der Waals surface area contributed by atoms with Crippen LogP contribution in [0.25, 0.3) is 0 Å². The minimum Gasteiger partial charge on any atom is -0.306 e. The predicted molar refractivity (Wildman–Crippen MR) is 80.5 cm³/mol. The van der Waals surface area contributed by atoms with E-state index in [9.17, 15) is 4.39 Å². The largest absolute Gasteiger partial charge is 0.306 e. The van der Waals surface area contributed by atoms with Crippen molar-refractivity contribution in [3.63, 3.8) is 0 Å². The van der Waals surface area contributed by atoms with Crippen molar-refractivity contribution in [2.75, 3.05) is 0 Å². The Balaban J connectivity index is 2.10. The summed E-state index contributed by atoms with van der Waals surface area (Å²) in [5, 5.41) is 12.1. The third-order valence-corrected chi connectivity index (χ3v) is 3.89. The van der Waals surface area contributed by atoms with Gasteiger partial charge in [-0.3, -0.25) is 0 Å². The van der Waals surface area contributed by atoms with Crippen molar-refractivity contribution < 1.29 is 4.39 Å². The fourth-order valence-corrected chi connectivity index (χ4v) is 2.63. The molecule has 0 aliphatic carbocycles. The fraction of sp³-hybridized carbons (Fsp3) is 0.188. The number of hydrogen-bond acceptors (Lipinski definition) is 2. The summed E-state index contributed by atoms with van der Waals surface area (Å²) in [4.78, 5) is 0. The lowest BCUT2D eigenvalue weighted by Crippen LogP contribution is -2.19. The molecule has 0 saturated carbocycles. The summed E-state index contributed by atoms with van der Waals surface area (Å²) in [5.74, 6) is -0.443. The second-order valence-corrected chi connectivity index (χ2v) is 5.37. The standard InChI is InChI=1S/C16H14BrFN2/c1-11(14-7-2-3-8-15(14)17)20-10-13-6-4-5-12(9-19)16(13)18/h2-8,11,20H,10H2,1H3/t11-/m0/s1. The molecule has 0 spiro atoms. The minimum absolute atomic E-state index is 0.0794. The molecule has 2 aromatic rings. The van der Waals surface area contributed by atoms with E-state index in [1.54, 1.807) is 12.1 Å². The highest BCUT2D eigenvalue weighted by atomic mass is 79.9. The van der Waals surface area contributed by atoms with Crippen molar-refractivity contribution >= 4 is 15.9 Å². The summed E-state index contributed by atoms with van der Waals surface area (Å²) in [6, 6.07) is 14.7. The highest BCUT2D eigenvalue weighted by molar-refractivity contribution is 9.10. The highest BCUT2D eigenvalue weighted by Gasteiger charge is 2.11. The quantitative estimate of drug-likeness (QED) is 0.905. The molecule has 1 N–H and O–H groups in total. The third-order valence-electron chi connectivity index (χ3n) is 3.17. The Bertz CT molecular complexity index is 649. The van der Waals surface area contributed by atoms with Gasteiger partial charge >= 0.3 is 0 Å². The van der Waals surface area contributed by atoms with E-state index in [0.717, 1.165) is 10.0 Å². The van der Waals surface area contributed by atoms with E-state index in [4.69, 9.17) is 5.26 Å². The summed E-state index contributed by atoms with van der Waals surface area (Å²) in [7, 11) is 0. The molecule has 0 radical (unpaired) electrons. The molecule has 2 aromatic carbocycles. The van der Waals surface area contributed by atoms with Crippen LogP contribution in [0.3, 0.4) is 0 Å². The fourth-order valence-electron chi connectivity index (χ4n) is 2.00. The van der Waals surface area contributed by atoms with Crippen molar-refractivity contribution in [1.82, 2.24) is 5.32 Å². The lowest BCUT2D eigenvalue weighted by atomic mass is 10.1. The van der Waals surface area contributed by atoms with Crippen LogP contribution in [0.5, 0.6) is 0 Å². The van der Waals surface area contributed by atoms with Crippen LogP contribution in [0.1, 0.15) is 29.7 Å². The zero-order valence-electron chi connectivity index (χ0n) is 11.0. The summed E-state index contributed by atoms with van der Waals surface area (Å²) < 4.78 is 15.0. The smallest absolute Gasteiger partial charge is 0.145 e. The molecule has 0 saturated heterocycles. The SMILES string of the molecule is C[C@H](NCc1cccc(C#N)c1F)c1ccccc1Br. The van der Waals surface area contributed by atoms with E-state index in [2.05, 4.69) is 21.2 Å². The Labute approximate surface area is 126 Å². The number of benzene rings is 2. The van der Waals surface area contributed by atoms with E-state index in [1.165, 1.54) is 6.07 Å². The molecule has 0 unspecified atom stereocenters. The van der Waals surface area contributed by atoms with Crippen LogP contribution in [0.4, 0.5) is 4.39 Å². The molecule has 20 heavy (non-hydrogen) atoms. The molecule has 0 aliphatic rings. The molecular formula is C16H14BrFN2. The Morgan fingerprint density at radius 1 is 1.25 bits per heavy atom. The Hall–Kier alpha value is -1.70. The molecule has 0 fully saturated rings. The molecule has 0 aromatic heterocycles. The first-order valence-electron chi connectivity index (χ1n) is 6.28. The predicted octanol–water partition coefficient (Wildman–Crippen LogP) is 4.31. The molecule has 2 nitrogen and oxygen atoms in total. The van der Waals surface area contributed by atoms with Gasteiger partial charge in [0.1, 0.15) is 11.9 Å². The van der Waals surface area contributed by atoms with E-state index in [1.807, 2.05) is 37.3 Å².